The minimum atomic E-state index is -2.17. The predicted octanol–water partition coefficient (Wildman–Crippen LogP) is 2.92. The van der Waals surface area contributed by atoms with Gasteiger partial charge in [-0.25, -0.2) is 22.0 Å². The van der Waals surface area contributed by atoms with Gasteiger partial charge in [0.1, 0.15) is 5.69 Å². The first-order valence-electron chi connectivity index (χ1n) is 5.21. The molecule has 0 amide bonds. The van der Waals surface area contributed by atoms with Gasteiger partial charge < -0.3 is 11.1 Å². The lowest BCUT2D eigenvalue weighted by Crippen LogP contribution is -2.34. The van der Waals surface area contributed by atoms with E-state index in [1.807, 2.05) is 0 Å². The van der Waals surface area contributed by atoms with Crippen molar-refractivity contribution in [3.8, 4) is 0 Å². The quantitative estimate of drug-likeness (QED) is 0.500. The van der Waals surface area contributed by atoms with Crippen LogP contribution in [-0.2, 0) is 0 Å². The molecule has 0 aliphatic carbocycles. The van der Waals surface area contributed by atoms with Crippen LogP contribution >= 0.6 is 0 Å². The van der Waals surface area contributed by atoms with Gasteiger partial charge in [-0.05, 0) is 26.8 Å². The molecule has 0 radical (unpaired) electrons. The second kappa shape index (κ2) is 5.09. The maximum absolute atomic E-state index is 13.4. The van der Waals surface area contributed by atoms with Gasteiger partial charge >= 0.3 is 0 Å². The van der Waals surface area contributed by atoms with Gasteiger partial charge in [-0.1, -0.05) is 0 Å². The average Bonchev–Trinajstić information content (AvgIpc) is 2.30. The molecule has 0 saturated heterocycles. The van der Waals surface area contributed by atoms with E-state index in [4.69, 9.17) is 5.73 Å². The van der Waals surface area contributed by atoms with E-state index in [0.29, 0.717) is 6.42 Å². The largest absolute Gasteiger partial charge is 0.375 e. The Bertz CT molecular complexity index is 430. The van der Waals surface area contributed by atoms with Crippen LogP contribution in [0.15, 0.2) is 0 Å². The Hall–Kier alpha value is -1.37. The van der Waals surface area contributed by atoms with Crippen molar-refractivity contribution in [2.75, 3.05) is 11.9 Å². The number of halogens is 5. The van der Waals surface area contributed by atoms with E-state index in [2.05, 4.69) is 5.32 Å². The monoisotopic (exact) mass is 268 g/mol. The number of hydrogen-bond acceptors (Lipinski definition) is 2. The number of nitrogens with one attached hydrogen (secondary N) is 1. The zero-order valence-electron chi connectivity index (χ0n) is 9.88. The zero-order valence-corrected chi connectivity index (χ0v) is 9.88. The van der Waals surface area contributed by atoms with Crippen molar-refractivity contribution in [3.63, 3.8) is 0 Å². The summed E-state index contributed by atoms with van der Waals surface area (Å²) in [6.45, 7) is 3.28. The molecular formula is C11H13F5N2. The van der Waals surface area contributed by atoms with Crippen molar-refractivity contribution >= 4 is 5.69 Å². The zero-order chi connectivity index (χ0) is 14.1. The summed E-state index contributed by atoms with van der Waals surface area (Å²) in [5.41, 5.74) is 3.36. The third-order valence-electron chi connectivity index (χ3n) is 2.44. The van der Waals surface area contributed by atoms with E-state index in [1.165, 1.54) is 13.8 Å². The second-order valence-electron chi connectivity index (χ2n) is 4.49. The van der Waals surface area contributed by atoms with E-state index in [1.54, 1.807) is 0 Å². The molecule has 1 rings (SSSR count). The molecule has 18 heavy (non-hydrogen) atoms. The van der Waals surface area contributed by atoms with Gasteiger partial charge in [0, 0.05) is 5.54 Å². The minimum absolute atomic E-state index is 0.204. The Morgan fingerprint density at radius 2 is 1.28 bits per heavy atom. The molecule has 0 fully saturated rings. The number of anilines is 1. The second-order valence-corrected chi connectivity index (χ2v) is 4.49. The molecule has 0 heterocycles. The fraction of sp³-hybridized carbons (Fsp3) is 0.455. The minimum Gasteiger partial charge on any atom is -0.375 e. The molecule has 3 N–H and O–H groups in total. The maximum Gasteiger partial charge on any atom is 0.200 e. The highest BCUT2D eigenvalue weighted by atomic mass is 19.2. The highest BCUT2D eigenvalue weighted by Gasteiger charge is 2.28. The molecule has 0 unspecified atom stereocenters. The summed E-state index contributed by atoms with van der Waals surface area (Å²) < 4.78 is 65.4. The van der Waals surface area contributed by atoms with Gasteiger partial charge in [0.15, 0.2) is 23.3 Å². The van der Waals surface area contributed by atoms with Gasteiger partial charge in [0.05, 0.1) is 0 Å². The lowest BCUT2D eigenvalue weighted by atomic mass is 10.00. The van der Waals surface area contributed by atoms with E-state index < -0.39 is 40.3 Å². The molecule has 102 valence electrons. The Labute approximate surface area is 101 Å². The molecule has 0 aliphatic rings. The van der Waals surface area contributed by atoms with Crippen LogP contribution in [0.4, 0.5) is 27.6 Å². The summed E-state index contributed by atoms with van der Waals surface area (Å²) >= 11 is 0. The summed E-state index contributed by atoms with van der Waals surface area (Å²) in [5.74, 6) is -9.87. The van der Waals surface area contributed by atoms with Crippen LogP contribution in [-0.4, -0.2) is 12.1 Å². The van der Waals surface area contributed by atoms with Crippen LogP contribution in [0.5, 0.6) is 0 Å². The lowest BCUT2D eigenvalue weighted by Gasteiger charge is -2.27. The van der Waals surface area contributed by atoms with E-state index in [0.717, 1.165) is 0 Å². The highest BCUT2D eigenvalue weighted by molar-refractivity contribution is 5.49. The van der Waals surface area contributed by atoms with Crippen LogP contribution in [0.2, 0.25) is 0 Å². The van der Waals surface area contributed by atoms with Crippen LogP contribution in [0, 0.1) is 29.1 Å². The third-order valence-corrected chi connectivity index (χ3v) is 2.44. The van der Waals surface area contributed by atoms with Crippen molar-refractivity contribution in [2.24, 2.45) is 5.73 Å². The highest BCUT2D eigenvalue weighted by Crippen LogP contribution is 2.29. The van der Waals surface area contributed by atoms with Crippen molar-refractivity contribution < 1.29 is 22.0 Å². The van der Waals surface area contributed by atoms with E-state index in [9.17, 15) is 22.0 Å². The summed E-state index contributed by atoms with van der Waals surface area (Å²) in [6, 6.07) is 0. The number of hydrogen-bond donors (Lipinski definition) is 2. The van der Waals surface area contributed by atoms with Crippen LogP contribution in [0.3, 0.4) is 0 Å². The predicted molar refractivity (Wildman–Crippen MR) is 57.6 cm³/mol. The Morgan fingerprint density at radius 3 is 1.67 bits per heavy atom. The molecule has 0 aliphatic heterocycles. The molecular weight excluding hydrogens is 255 g/mol. The van der Waals surface area contributed by atoms with Crippen molar-refractivity contribution in [1.29, 1.82) is 0 Å². The van der Waals surface area contributed by atoms with E-state index >= 15 is 0 Å². The molecule has 0 bridgehead atoms. The van der Waals surface area contributed by atoms with Crippen molar-refractivity contribution in [3.05, 3.63) is 29.1 Å². The molecule has 1 aromatic carbocycles. The number of nitrogens with two attached hydrogens (primary N) is 1. The first-order chi connectivity index (χ1) is 8.21. The molecule has 7 heteroatoms. The van der Waals surface area contributed by atoms with E-state index in [-0.39, 0.29) is 6.54 Å². The molecule has 0 aromatic heterocycles. The standard InChI is InChI=1S/C11H13F5N2/c1-11(2,3-4-17)18-10-8(15)6(13)5(12)7(14)9(10)16/h18H,3-4,17H2,1-2H3. The molecule has 1 aromatic rings. The molecule has 0 spiro atoms. The van der Waals surface area contributed by atoms with Gasteiger partial charge in [0.2, 0.25) is 5.82 Å². The first kappa shape index (κ1) is 14.7. The van der Waals surface area contributed by atoms with Crippen LogP contribution in [0.1, 0.15) is 20.3 Å². The SMILES string of the molecule is CC(C)(CCN)Nc1c(F)c(F)c(F)c(F)c1F. The van der Waals surface area contributed by atoms with Gasteiger partial charge in [0.25, 0.3) is 0 Å². The lowest BCUT2D eigenvalue weighted by molar-refractivity contribution is 0.378. The van der Waals surface area contributed by atoms with Crippen LogP contribution < -0.4 is 11.1 Å². The summed E-state index contributed by atoms with van der Waals surface area (Å²) in [6.07, 6.45) is 0.298. The number of rotatable bonds is 4. The Balaban J connectivity index is 3.26. The third kappa shape index (κ3) is 2.72. The van der Waals surface area contributed by atoms with Gasteiger partial charge in [-0.3, -0.25) is 0 Å². The Kier molecular flexibility index (Phi) is 4.16. The topological polar surface area (TPSA) is 38.0 Å². The number of benzene rings is 1. The van der Waals surface area contributed by atoms with Crippen molar-refractivity contribution in [2.45, 2.75) is 25.8 Å². The Morgan fingerprint density at radius 1 is 0.889 bits per heavy atom. The molecule has 0 saturated carbocycles. The summed E-state index contributed by atoms with van der Waals surface area (Å²) in [7, 11) is 0. The first-order valence-corrected chi connectivity index (χ1v) is 5.21. The van der Waals surface area contributed by atoms with Gasteiger partial charge in [-0.15, -0.1) is 0 Å². The fourth-order valence-corrected chi connectivity index (χ4v) is 1.48. The normalized spacial score (nSPS) is 11.8. The van der Waals surface area contributed by atoms with Crippen LogP contribution in [0.25, 0.3) is 0 Å². The smallest absolute Gasteiger partial charge is 0.200 e. The maximum atomic E-state index is 13.4. The summed E-state index contributed by atoms with van der Waals surface area (Å²) in [4.78, 5) is 0. The fourth-order valence-electron chi connectivity index (χ4n) is 1.48. The molecule has 0 atom stereocenters. The van der Waals surface area contributed by atoms with Crippen molar-refractivity contribution in [1.82, 2.24) is 0 Å². The molecule has 2 nitrogen and oxygen atoms in total. The average molecular weight is 268 g/mol. The summed E-state index contributed by atoms with van der Waals surface area (Å²) in [5, 5.41) is 2.29. The van der Waals surface area contributed by atoms with Gasteiger partial charge in [-0.2, -0.15) is 0 Å².